The molecule has 0 heterocycles. The van der Waals surface area contributed by atoms with Gasteiger partial charge < -0.3 is 20.4 Å². The molecule has 3 saturated carbocycles. The number of hydrogen-bond acceptors (Lipinski definition) is 6. The van der Waals surface area contributed by atoms with E-state index in [1.165, 1.54) is 0 Å². The highest BCUT2D eigenvalue weighted by atomic mass is 16.4. The monoisotopic (exact) mass is 550 g/mol. The summed E-state index contributed by atoms with van der Waals surface area (Å²) in [6, 6.07) is 0. The highest BCUT2D eigenvalue weighted by Crippen LogP contribution is 2.57. The predicted molar refractivity (Wildman–Crippen MR) is 137 cm³/mol. The molecule has 3 rings (SSSR count). The number of carboxylic acid groups (broad SMARTS) is 4. The second-order valence-corrected chi connectivity index (χ2v) is 12.9. The summed E-state index contributed by atoms with van der Waals surface area (Å²) in [5.74, 6) is -13.4. The van der Waals surface area contributed by atoms with Crippen LogP contribution in [-0.2, 0) is 28.8 Å². The van der Waals surface area contributed by atoms with Crippen LogP contribution in [0.1, 0.15) is 72.6 Å². The van der Waals surface area contributed by atoms with Gasteiger partial charge in [-0.1, -0.05) is 27.7 Å². The fourth-order valence-corrected chi connectivity index (χ4v) is 8.18. The fraction of sp³-hybridized carbons (Fsp3) is 0.793. The number of hydrogen-bond donors (Lipinski definition) is 4. The van der Waals surface area contributed by atoms with Gasteiger partial charge in [-0.2, -0.15) is 0 Å². The molecule has 10 nitrogen and oxygen atoms in total. The number of carbonyl (C=O) groups excluding carboxylic acids is 2. The molecule has 0 aromatic rings. The lowest BCUT2D eigenvalue weighted by molar-refractivity contribution is -0.147. The first-order valence-electron chi connectivity index (χ1n) is 14.1. The first kappa shape index (κ1) is 30.8. The highest BCUT2D eigenvalue weighted by molar-refractivity contribution is 5.90. The smallest absolute Gasteiger partial charge is 0.307 e. The van der Waals surface area contributed by atoms with E-state index in [1.54, 1.807) is 0 Å². The molecular weight excluding hydrogens is 508 g/mol. The van der Waals surface area contributed by atoms with Crippen LogP contribution < -0.4 is 0 Å². The third kappa shape index (κ3) is 6.35. The summed E-state index contributed by atoms with van der Waals surface area (Å²) in [4.78, 5) is 75.4. The van der Waals surface area contributed by atoms with E-state index >= 15 is 0 Å². The topological polar surface area (TPSA) is 183 Å². The minimum atomic E-state index is -1.19. The van der Waals surface area contributed by atoms with Crippen molar-refractivity contribution in [1.29, 1.82) is 0 Å². The Kier molecular flexibility index (Phi) is 9.60. The summed E-state index contributed by atoms with van der Waals surface area (Å²) < 4.78 is 0. The molecule has 3 aliphatic rings. The molecule has 4 N–H and O–H groups in total. The minimum Gasteiger partial charge on any atom is -0.481 e. The summed E-state index contributed by atoms with van der Waals surface area (Å²) in [5, 5.41) is 39.8. The maximum Gasteiger partial charge on any atom is 0.307 e. The molecule has 39 heavy (non-hydrogen) atoms. The molecule has 218 valence electrons. The van der Waals surface area contributed by atoms with E-state index in [0.717, 1.165) is 0 Å². The maximum absolute atomic E-state index is 13.3. The average Bonchev–Trinajstić information content (AvgIpc) is 3.51. The van der Waals surface area contributed by atoms with Gasteiger partial charge in [0.25, 0.3) is 0 Å². The van der Waals surface area contributed by atoms with Crippen molar-refractivity contribution >= 4 is 35.4 Å². The van der Waals surface area contributed by atoms with E-state index in [4.69, 9.17) is 0 Å². The molecule has 0 radical (unpaired) electrons. The van der Waals surface area contributed by atoms with Crippen LogP contribution in [0.3, 0.4) is 0 Å². The second-order valence-electron chi connectivity index (χ2n) is 12.9. The van der Waals surface area contributed by atoms with Crippen LogP contribution in [0.4, 0.5) is 0 Å². The zero-order chi connectivity index (χ0) is 29.3. The molecule has 0 aromatic heterocycles. The van der Waals surface area contributed by atoms with Crippen molar-refractivity contribution in [2.75, 3.05) is 0 Å². The van der Waals surface area contributed by atoms with E-state index in [0.29, 0.717) is 19.3 Å². The third-order valence-electron chi connectivity index (χ3n) is 9.47. The van der Waals surface area contributed by atoms with Gasteiger partial charge in [-0.25, -0.2) is 0 Å². The molecule has 10 unspecified atom stereocenters. The molecule has 0 aliphatic heterocycles. The molecule has 0 aromatic carbocycles. The van der Waals surface area contributed by atoms with Gasteiger partial charge in [0.1, 0.15) is 11.6 Å². The van der Waals surface area contributed by atoms with Crippen LogP contribution in [0.25, 0.3) is 0 Å². The van der Waals surface area contributed by atoms with Crippen LogP contribution in [0.2, 0.25) is 0 Å². The summed E-state index contributed by atoms with van der Waals surface area (Å²) in [6.45, 7) is 7.38. The van der Waals surface area contributed by atoms with E-state index in [9.17, 15) is 49.2 Å². The summed E-state index contributed by atoms with van der Waals surface area (Å²) in [7, 11) is 0. The molecule has 0 saturated heterocycles. The lowest BCUT2D eigenvalue weighted by atomic mass is 9.70. The minimum absolute atomic E-state index is 0.0247. The van der Waals surface area contributed by atoms with Crippen molar-refractivity contribution in [2.45, 2.75) is 72.6 Å². The Labute approximate surface area is 228 Å². The Bertz CT molecular complexity index is 922. The number of Topliss-reactive ketones (excluding diaryl/α,β-unsaturated/α-hetero) is 2. The van der Waals surface area contributed by atoms with E-state index in [2.05, 4.69) is 0 Å². The summed E-state index contributed by atoms with van der Waals surface area (Å²) in [6.07, 6.45) is 1.31. The Morgan fingerprint density at radius 2 is 0.846 bits per heavy atom. The Balaban J connectivity index is 1.97. The number of carboxylic acids is 4. The number of aliphatic carboxylic acids is 4. The standard InChI is InChI=1S/C29H42O10/c1-12(2)7-20(30)24-18(28(36)37)10-16(26(32)33)22(24)14-5-6-15(9-14)23-17(27(34)35)11-19(29(38)39)25(23)21(31)8-13(3)4/h12-19,22-25H,5-11H2,1-4H3,(H,32,33)(H,34,35)(H,36,37)(H,38,39). The van der Waals surface area contributed by atoms with Crippen LogP contribution >= 0.6 is 0 Å². The van der Waals surface area contributed by atoms with Crippen molar-refractivity contribution in [3.8, 4) is 0 Å². The Morgan fingerprint density at radius 1 is 0.538 bits per heavy atom. The number of carbonyl (C=O) groups is 6. The molecule has 0 bridgehead atoms. The molecule has 0 amide bonds. The molecule has 3 aliphatic carbocycles. The van der Waals surface area contributed by atoms with Crippen molar-refractivity contribution in [3.63, 3.8) is 0 Å². The molecule has 3 fully saturated rings. The van der Waals surface area contributed by atoms with Crippen molar-refractivity contribution in [2.24, 2.45) is 71.0 Å². The first-order valence-corrected chi connectivity index (χ1v) is 14.1. The van der Waals surface area contributed by atoms with Gasteiger partial charge >= 0.3 is 23.9 Å². The quantitative estimate of drug-likeness (QED) is 0.279. The van der Waals surface area contributed by atoms with Gasteiger partial charge in [0.05, 0.1) is 23.7 Å². The Morgan fingerprint density at radius 3 is 1.10 bits per heavy atom. The van der Waals surface area contributed by atoms with Crippen LogP contribution in [-0.4, -0.2) is 55.9 Å². The molecule has 10 atom stereocenters. The van der Waals surface area contributed by atoms with Crippen LogP contribution in [0.15, 0.2) is 0 Å². The fourth-order valence-electron chi connectivity index (χ4n) is 8.18. The van der Waals surface area contributed by atoms with E-state index in [-0.39, 0.29) is 60.9 Å². The average molecular weight is 551 g/mol. The van der Waals surface area contributed by atoms with Gasteiger partial charge in [0.2, 0.25) is 0 Å². The SMILES string of the molecule is CC(C)CC(=O)C1C(C(=O)O)CC(C(=O)O)C1C1CCC(C2C(C(=O)O)CC(C(=O)O)C2C(=O)CC(C)C)C1. The number of ketones is 2. The first-order chi connectivity index (χ1) is 18.1. The van der Waals surface area contributed by atoms with E-state index < -0.39 is 71.2 Å². The Hall–Kier alpha value is -2.78. The summed E-state index contributed by atoms with van der Waals surface area (Å²) in [5.41, 5.74) is 0. The van der Waals surface area contributed by atoms with E-state index in [1.807, 2.05) is 27.7 Å². The van der Waals surface area contributed by atoms with Gasteiger partial charge in [0, 0.05) is 24.7 Å². The summed E-state index contributed by atoms with van der Waals surface area (Å²) >= 11 is 0. The molecule has 10 heteroatoms. The van der Waals surface area contributed by atoms with Gasteiger partial charge in [-0.15, -0.1) is 0 Å². The van der Waals surface area contributed by atoms with Crippen LogP contribution in [0.5, 0.6) is 0 Å². The van der Waals surface area contributed by atoms with Crippen LogP contribution in [0, 0.1) is 71.0 Å². The predicted octanol–water partition coefficient (Wildman–Crippen LogP) is 3.71. The third-order valence-corrected chi connectivity index (χ3v) is 9.47. The van der Waals surface area contributed by atoms with Gasteiger partial charge in [-0.3, -0.25) is 28.8 Å². The lowest BCUT2D eigenvalue weighted by Gasteiger charge is -2.32. The largest absolute Gasteiger partial charge is 0.481 e. The zero-order valence-electron chi connectivity index (χ0n) is 23.1. The highest BCUT2D eigenvalue weighted by Gasteiger charge is 2.59. The second kappa shape index (κ2) is 12.2. The molecule has 0 spiro atoms. The number of rotatable bonds is 12. The normalized spacial score (nSPS) is 36.4. The van der Waals surface area contributed by atoms with Crippen molar-refractivity contribution in [1.82, 2.24) is 0 Å². The van der Waals surface area contributed by atoms with Crippen molar-refractivity contribution < 1.29 is 49.2 Å². The zero-order valence-corrected chi connectivity index (χ0v) is 23.1. The maximum atomic E-state index is 13.3. The van der Waals surface area contributed by atoms with Gasteiger partial charge in [0.15, 0.2) is 0 Å². The lowest BCUT2D eigenvalue weighted by Crippen LogP contribution is -2.37. The van der Waals surface area contributed by atoms with Gasteiger partial charge in [-0.05, 0) is 67.6 Å². The van der Waals surface area contributed by atoms with Crippen molar-refractivity contribution in [3.05, 3.63) is 0 Å². The molecular formula is C29H42O10.